The van der Waals surface area contributed by atoms with Gasteiger partial charge < -0.3 is 21.5 Å². The Kier molecular flexibility index (Phi) is 6.75. The molecule has 100 valence electrons. The maximum absolute atomic E-state index is 11.0. The lowest BCUT2D eigenvalue weighted by Crippen LogP contribution is -2.47. The minimum absolute atomic E-state index is 0.333. The number of hydrogen-bond donors (Lipinski definition) is 4. The standard InChI is InChI=1S/C11H23N3O3/c1-11(14-3,10(16)17)7-5-4-6-8(13-2)9(12)15/h8,13-14H,4-7H2,1-3H3,(H2,12,15)(H,16,17). The highest BCUT2D eigenvalue weighted by Crippen LogP contribution is 2.15. The normalized spacial score (nSPS) is 16.2. The predicted octanol–water partition coefficient (Wildman–Crippen LogP) is -0.317. The van der Waals surface area contributed by atoms with E-state index in [4.69, 9.17) is 10.8 Å². The number of nitrogens with two attached hydrogens (primary N) is 1. The first kappa shape index (κ1) is 15.9. The van der Waals surface area contributed by atoms with Crippen LogP contribution in [0.15, 0.2) is 0 Å². The van der Waals surface area contributed by atoms with Gasteiger partial charge >= 0.3 is 5.97 Å². The summed E-state index contributed by atoms with van der Waals surface area (Å²) in [7, 11) is 3.32. The molecule has 0 aromatic rings. The Morgan fingerprint density at radius 2 is 1.94 bits per heavy atom. The van der Waals surface area contributed by atoms with Gasteiger partial charge in [0.2, 0.25) is 5.91 Å². The van der Waals surface area contributed by atoms with Crippen LogP contribution in [0.25, 0.3) is 0 Å². The zero-order chi connectivity index (χ0) is 13.5. The SMILES string of the molecule is CNC(CCCCC(C)(NC)C(=O)O)C(N)=O. The van der Waals surface area contributed by atoms with E-state index in [-0.39, 0.29) is 11.9 Å². The lowest BCUT2D eigenvalue weighted by Gasteiger charge is -2.24. The first-order valence-corrected chi connectivity index (χ1v) is 5.76. The van der Waals surface area contributed by atoms with Crippen LogP contribution in [0.5, 0.6) is 0 Å². The number of aliphatic carboxylic acids is 1. The number of rotatable bonds is 9. The van der Waals surface area contributed by atoms with Gasteiger partial charge in [-0.25, -0.2) is 0 Å². The van der Waals surface area contributed by atoms with E-state index in [0.29, 0.717) is 12.8 Å². The summed E-state index contributed by atoms with van der Waals surface area (Å²) in [6.45, 7) is 1.65. The molecule has 0 bridgehead atoms. The van der Waals surface area contributed by atoms with Crippen molar-refractivity contribution in [1.29, 1.82) is 0 Å². The van der Waals surface area contributed by atoms with Crippen molar-refractivity contribution in [2.75, 3.05) is 14.1 Å². The Morgan fingerprint density at radius 1 is 1.35 bits per heavy atom. The van der Waals surface area contributed by atoms with Crippen LogP contribution in [-0.4, -0.2) is 42.7 Å². The second-order valence-corrected chi connectivity index (χ2v) is 4.38. The lowest BCUT2D eigenvalue weighted by atomic mass is 9.94. The van der Waals surface area contributed by atoms with Gasteiger partial charge in [-0.2, -0.15) is 0 Å². The van der Waals surface area contributed by atoms with Gasteiger partial charge in [-0.15, -0.1) is 0 Å². The zero-order valence-corrected chi connectivity index (χ0v) is 10.7. The molecule has 0 radical (unpaired) electrons. The zero-order valence-electron chi connectivity index (χ0n) is 10.7. The summed E-state index contributed by atoms with van der Waals surface area (Å²) >= 11 is 0. The van der Waals surface area contributed by atoms with Crippen molar-refractivity contribution < 1.29 is 14.7 Å². The number of carbonyl (C=O) groups is 2. The second kappa shape index (κ2) is 7.24. The molecule has 0 spiro atoms. The number of unbranched alkanes of at least 4 members (excludes halogenated alkanes) is 1. The van der Waals surface area contributed by atoms with Gasteiger partial charge in [0.15, 0.2) is 0 Å². The van der Waals surface area contributed by atoms with Crippen molar-refractivity contribution >= 4 is 11.9 Å². The molecule has 0 saturated carbocycles. The Hall–Kier alpha value is -1.14. The van der Waals surface area contributed by atoms with Crippen molar-refractivity contribution in [2.45, 2.75) is 44.2 Å². The molecule has 17 heavy (non-hydrogen) atoms. The maximum Gasteiger partial charge on any atom is 0.323 e. The molecule has 0 saturated heterocycles. The van der Waals surface area contributed by atoms with Crippen LogP contribution in [-0.2, 0) is 9.59 Å². The van der Waals surface area contributed by atoms with Crippen molar-refractivity contribution in [1.82, 2.24) is 10.6 Å². The van der Waals surface area contributed by atoms with Gasteiger partial charge in [0.05, 0.1) is 6.04 Å². The number of likely N-dealkylation sites (N-methyl/N-ethyl adjacent to an activating group) is 2. The summed E-state index contributed by atoms with van der Waals surface area (Å²) in [4.78, 5) is 21.9. The minimum atomic E-state index is -0.901. The molecule has 0 heterocycles. The quantitative estimate of drug-likeness (QED) is 0.417. The summed E-state index contributed by atoms with van der Waals surface area (Å²) in [6, 6.07) is -0.333. The van der Waals surface area contributed by atoms with Crippen LogP contribution in [0.4, 0.5) is 0 Å². The third-order valence-corrected chi connectivity index (χ3v) is 3.14. The van der Waals surface area contributed by atoms with E-state index in [2.05, 4.69) is 10.6 Å². The smallest absolute Gasteiger partial charge is 0.323 e. The molecule has 6 heteroatoms. The molecular formula is C11H23N3O3. The second-order valence-electron chi connectivity index (χ2n) is 4.38. The number of carboxylic acid groups (broad SMARTS) is 1. The fraction of sp³-hybridized carbons (Fsp3) is 0.818. The highest BCUT2D eigenvalue weighted by Gasteiger charge is 2.30. The third-order valence-electron chi connectivity index (χ3n) is 3.14. The largest absolute Gasteiger partial charge is 0.480 e. The molecule has 6 nitrogen and oxygen atoms in total. The van der Waals surface area contributed by atoms with Crippen molar-refractivity contribution in [3.8, 4) is 0 Å². The monoisotopic (exact) mass is 245 g/mol. The van der Waals surface area contributed by atoms with Gasteiger partial charge in [0, 0.05) is 0 Å². The first-order valence-electron chi connectivity index (χ1n) is 5.76. The van der Waals surface area contributed by atoms with Crippen molar-refractivity contribution in [2.24, 2.45) is 5.73 Å². The van der Waals surface area contributed by atoms with Crippen LogP contribution in [0.1, 0.15) is 32.6 Å². The van der Waals surface area contributed by atoms with Crippen molar-refractivity contribution in [3.05, 3.63) is 0 Å². The van der Waals surface area contributed by atoms with E-state index < -0.39 is 11.5 Å². The Bertz CT molecular complexity index is 271. The average Bonchev–Trinajstić information content (AvgIpc) is 2.27. The number of hydrogen-bond acceptors (Lipinski definition) is 4. The molecule has 0 rings (SSSR count). The number of primary amides is 1. The average molecular weight is 245 g/mol. The van der Waals surface area contributed by atoms with Crippen molar-refractivity contribution in [3.63, 3.8) is 0 Å². The van der Waals surface area contributed by atoms with Crippen LogP contribution in [0.2, 0.25) is 0 Å². The molecule has 0 aromatic heterocycles. The molecule has 2 atom stereocenters. The summed E-state index contributed by atoms with van der Waals surface area (Å²) < 4.78 is 0. The molecule has 0 aliphatic rings. The molecule has 0 aliphatic carbocycles. The maximum atomic E-state index is 11.0. The highest BCUT2D eigenvalue weighted by atomic mass is 16.4. The van der Waals surface area contributed by atoms with Gasteiger partial charge in [0.1, 0.15) is 5.54 Å². The van der Waals surface area contributed by atoms with Crippen LogP contribution >= 0.6 is 0 Å². The molecule has 1 amide bonds. The lowest BCUT2D eigenvalue weighted by molar-refractivity contribution is -0.144. The van der Waals surface area contributed by atoms with E-state index in [9.17, 15) is 9.59 Å². The number of amides is 1. The van der Waals surface area contributed by atoms with E-state index in [0.717, 1.165) is 12.8 Å². The summed E-state index contributed by atoms with van der Waals surface area (Å²) in [5, 5.41) is 14.7. The van der Waals surface area contributed by atoms with Gasteiger partial charge in [0.25, 0.3) is 0 Å². The predicted molar refractivity (Wildman–Crippen MR) is 65.6 cm³/mol. The minimum Gasteiger partial charge on any atom is -0.480 e. The molecular weight excluding hydrogens is 222 g/mol. The van der Waals surface area contributed by atoms with E-state index in [1.165, 1.54) is 0 Å². The van der Waals surface area contributed by atoms with E-state index >= 15 is 0 Å². The molecule has 5 N–H and O–H groups in total. The molecule has 0 fully saturated rings. The van der Waals surface area contributed by atoms with E-state index in [1.807, 2.05) is 0 Å². The van der Waals surface area contributed by atoms with Crippen LogP contribution < -0.4 is 16.4 Å². The Morgan fingerprint density at radius 3 is 2.29 bits per heavy atom. The van der Waals surface area contributed by atoms with Crippen LogP contribution in [0.3, 0.4) is 0 Å². The molecule has 0 aliphatic heterocycles. The summed E-state index contributed by atoms with van der Waals surface area (Å²) in [5.74, 6) is -1.23. The van der Waals surface area contributed by atoms with E-state index in [1.54, 1.807) is 21.0 Å². The van der Waals surface area contributed by atoms with Gasteiger partial charge in [-0.05, 0) is 33.9 Å². The number of carboxylic acids is 1. The van der Waals surface area contributed by atoms with Gasteiger partial charge in [-0.1, -0.05) is 12.8 Å². The van der Waals surface area contributed by atoms with Crippen LogP contribution in [0, 0.1) is 0 Å². The topological polar surface area (TPSA) is 104 Å². The first-order chi connectivity index (χ1) is 7.87. The highest BCUT2D eigenvalue weighted by molar-refractivity contribution is 5.79. The number of nitrogens with one attached hydrogen (secondary N) is 2. The molecule has 0 aromatic carbocycles. The number of carbonyl (C=O) groups excluding carboxylic acids is 1. The molecule has 2 unspecified atom stereocenters. The Labute approximate surface area is 102 Å². The fourth-order valence-corrected chi connectivity index (χ4v) is 1.59. The summed E-state index contributed by atoms with van der Waals surface area (Å²) in [5.41, 5.74) is 4.28. The fourth-order valence-electron chi connectivity index (χ4n) is 1.59. The third kappa shape index (κ3) is 5.14. The van der Waals surface area contributed by atoms with Gasteiger partial charge in [-0.3, -0.25) is 9.59 Å². The summed E-state index contributed by atoms with van der Waals surface area (Å²) in [6.07, 6.45) is 2.65. The Balaban J connectivity index is 3.99.